The van der Waals surface area contributed by atoms with Gasteiger partial charge in [-0.15, -0.1) is 0 Å². The summed E-state index contributed by atoms with van der Waals surface area (Å²) in [5.74, 6) is 0.835. The third-order valence-corrected chi connectivity index (χ3v) is 5.68. The van der Waals surface area contributed by atoms with Gasteiger partial charge in [0.05, 0.1) is 26.4 Å². The van der Waals surface area contributed by atoms with Crippen LogP contribution in [-0.4, -0.2) is 49.0 Å². The molecule has 1 aromatic carbocycles. The van der Waals surface area contributed by atoms with Crippen molar-refractivity contribution in [3.05, 3.63) is 29.8 Å². The molecule has 0 radical (unpaired) electrons. The van der Waals surface area contributed by atoms with E-state index in [1.54, 1.807) is 7.11 Å². The first-order valence-electron chi connectivity index (χ1n) is 9.41. The van der Waals surface area contributed by atoms with E-state index >= 15 is 0 Å². The summed E-state index contributed by atoms with van der Waals surface area (Å²) in [5.41, 5.74) is 1.89. The van der Waals surface area contributed by atoms with Gasteiger partial charge in [0.2, 0.25) is 0 Å². The number of ether oxygens (including phenoxy) is 2. The molecule has 1 aliphatic heterocycles. The van der Waals surface area contributed by atoms with Gasteiger partial charge in [0.1, 0.15) is 5.75 Å². The van der Waals surface area contributed by atoms with Gasteiger partial charge in [-0.1, -0.05) is 32.9 Å². The van der Waals surface area contributed by atoms with Crippen LogP contribution in [0.5, 0.6) is 5.75 Å². The van der Waals surface area contributed by atoms with Crippen LogP contribution in [0.3, 0.4) is 0 Å². The Kier molecular flexibility index (Phi) is 5.42. The summed E-state index contributed by atoms with van der Waals surface area (Å²) in [6.07, 6.45) is 3.36. The summed E-state index contributed by atoms with van der Waals surface area (Å²) >= 11 is 0. The Labute approximate surface area is 152 Å². The van der Waals surface area contributed by atoms with Crippen LogP contribution < -0.4 is 4.74 Å². The van der Waals surface area contributed by atoms with Gasteiger partial charge in [-0.2, -0.15) is 0 Å². The minimum atomic E-state index is -0.434. The molecular formula is C21H33NO3. The van der Waals surface area contributed by atoms with Crippen molar-refractivity contribution in [2.75, 3.05) is 26.8 Å². The maximum atomic E-state index is 10.4. The predicted molar refractivity (Wildman–Crippen MR) is 99.8 cm³/mol. The number of aliphatic hydroxyl groups excluding tert-OH is 1. The monoisotopic (exact) mass is 347 g/mol. The van der Waals surface area contributed by atoms with Gasteiger partial charge in [-0.3, -0.25) is 4.90 Å². The standard InChI is InChI=1S/C21H33NO3/c1-20(2)9-17-10-21(3,14-20)15-22(17)11-18(23)13-25-12-16-6-5-7-19(8-16)24-4/h5-8,17-18,23H,9-15H2,1-4H3/t17-,18+,21+/m1/s1. The molecule has 3 rings (SSSR count). The summed E-state index contributed by atoms with van der Waals surface area (Å²) in [5, 5.41) is 10.4. The average Bonchev–Trinajstić information content (AvgIpc) is 2.75. The van der Waals surface area contributed by atoms with Crippen molar-refractivity contribution < 1.29 is 14.6 Å². The van der Waals surface area contributed by atoms with Gasteiger partial charge >= 0.3 is 0 Å². The highest BCUT2D eigenvalue weighted by atomic mass is 16.5. The quantitative estimate of drug-likeness (QED) is 0.820. The third-order valence-electron chi connectivity index (χ3n) is 5.68. The van der Waals surface area contributed by atoms with Crippen molar-refractivity contribution in [2.24, 2.45) is 10.8 Å². The number of hydrogen-bond acceptors (Lipinski definition) is 4. The highest BCUT2D eigenvalue weighted by molar-refractivity contribution is 5.27. The summed E-state index contributed by atoms with van der Waals surface area (Å²) < 4.78 is 11.0. The molecule has 1 heterocycles. The second-order valence-electron chi connectivity index (χ2n) is 9.16. The lowest BCUT2D eigenvalue weighted by Gasteiger charge is -2.40. The molecule has 1 N–H and O–H groups in total. The van der Waals surface area contributed by atoms with Gasteiger partial charge in [-0.05, 0) is 47.8 Å². The van der Waals surface area contributed by atoms with E-state index in [4.69, 9.17) is 9.47 Å². The molecule has 1 aliphatic carbocycles. The van der Waals surface area contributed by atoms with Crippen LogP contribution in [0.1, 0.15) is 45.6 Å². The van der Waals surface area contributed by atoms with E-state index in [9.17, 15) is 5.11 Å². The fraction of sp³-hybridized carbons (Fsp3) is 0.714. The maximum Gasteiger partial charge on any atom is 0.119 e. The van der Waals surface area contributed by atoms with Crippen molar-refractivity contribution in [3.63, 3.8) is 0 Å². The van der Waals surface area contributed by atoms with Crippen molar-refractivity contribution >= 4 is 0 Å². The van der Waals surface area contributed by atoms with E-state index in [0.29, 0.717) is 36.6 Å². The number of nitrogens with zero attached hydrogens (tertiary/aromatic N) is 1. The van der Waals surface area contributed by atoms with Crippen molar-refractivity contribution in [2.45, 2.75) is 58.8 Å². The first-order chi connectivity index (χ1) is 11.8. The van der Waals surface area contributed by atoms with Crippen LogP contribution in [0.2, 0.25) is 0 Å². The van der Waals surface area contributed by atoms with Crippen LogP contribution in [0.15, 0.2) is 24.3 Å². The molecule has 4 nitrogen and oxygen atoms in total. The third kappa shape index (κ3) is 4.75. The molecule has 2 fully saturated rings. The van der Waals surface area contributed by atoms with E-state index in [0.717, 1.165) is 17.9 Å². The highest BCUT2D eigenvalue weighted by Crippen LogP contribution is 2.52. The molecule has 0 aromatic heterocycles. The van der Waals surface area contributed by atoms with Gasteiger partial charge in [0.25, 0.3) is 0 Å². The molecule has 0 spiro atoms. The molecule has 25 heavy (non-hydrogen) atoms. The van der Waals surface area contributed by atoms with Gasteiger partial charge in [0, 0.05) is 19.1 Å². The fourth-order valence-electron chi connectivity index (χ4n) is 5.19. The Morgan fingerprint density at radius 1 is 1.28 bits per heavy atom. The number of β-amino-alcohol motifs (C(OH)–C–C–N with tert-alkyl or cyclic N) is 1. The minimum absolute atomic E-state index is 0.376. The van der Waals surface area contributed by atoms with Crippen LogP contribution in [0, 0.1) is 10.8 Å². The fourth-order valence-corrected chi connectivity index (χ4v) is 5.19. The van der Waals surface area contributed by atoms with Crippen LogP contribution in [0.4, 0.5) is 0 Å². The Morgan fingerprint density at radius 3 is 2.84 bits per heavy atom. The molecule has 0 unspecified atom stereocenters. The maximum absolute atomic E-state index is 10.4. The zero-order valence-electron chi connectivity index (χ0n) is 16.1. The normalized spacial score (nSPS) is 29.6. The number of hydrogen-bond donors (Lipinski definition) is 1. The molecule has 1 aromatic rings. The van der Waals surface area contributed by atoms with E-state index in [2.05, 4.69) is 25.7 Å². The molecule has 2 aliphatic rings. The SMILES string of the molecule is COc1cccc(COC[C@@H](O)CN2C[C@@]3(C)C[C@H]2CC(C)(C)C3)c1. The smallest absolute Gasteiger partial charge is 0.119 e. The van der Waals surface area contributed by atoms with Crippen LogP contribution >= 0.6 is 0 Å². The summed E-state index contributed by atoms with van der Waals surface area (Å²) in [4.78, 5) is 2.49. The summed E-state index contributed by atoms with van der Waals surface area (Å²) in [6, 6.07) is 8.48. The van der Waals surface area contributed by atoms with Crippen molar-refractivity contribution in [3.8, 4) is 5.75 Å². The van der Waals surface area contributed by atoms with E-state index < -0.39 is 6.10 Å². The first-order valence-corrected chi connectivity index (χ1v) is 9.41. The molecular weight excluding hydrogens is 314 g/mol. The van der Waals surface area contributed by atoms with E-state index in [-0.39, 0.29) is 0 Å². The molecule has 140 valence electrons. The first kappa shape index (κ1) is 18.7. The number of methoxy groups -OCH3 is 1. The number of fused-ring (bicyclic) bond motifs is 2. The minimum Gasteiger partial charge on any atom is -0.497 e. The molecule has 4 heteroatoms. The zero-order valence-corrected chi connectivity index (χ0v) is 16.1. The Morgan fingerprint density at radius 2 is 2.08 bits per heavy atom. The number of aliphatic hydroxyl groups is 1. The van der Waals surface area contributed by atoms with Crippen molar-refractivity contribution in [1.82, 2.24) is 4.90 Å². The Balaban J connectivity index is 1.46. The molecule has 3 atom stereocenters. The van der Waals surface area contributed by atoms with E-state index in [1.807, 2.05) is 24.3 Å². The molecule has 0 amide bonds. The second kappa shape index (κ2) is 7.26. The van der Waals surface area contributed by atoms with Gasteiger partial charge in [-0.25, -0.2) is 0 Å². The lowest BCUT2D eigenvalue weighted by atomic mass is 9.65. The largest absolute Gasteiger partial charge is 0.497 e. The predicted octanol–water partition coefficient (Wildman–Crippen LogP) is 3.47. The molecule has 2 bridgehead atoms. The molecule has 1 saturated carbocycles. The van der Waals surface area contributed by atoms with Gasteiger partial charge in [0.15, 0.2) is 0 Å². The van der Waals surface area contributed by atoms with Gasteiger partial charge < -0.3 is 14.6 Å². The van der Waals surface area contributed by atoms with Crippen molar-refractivity contribution in [1.29, 1.82) is 0 Å². The highest BCUT2D eigenvalue weighted by Gasteiger charge is 2.49. The number of rotatable bonds is 7. The Bertz CT molecular complexity index is 588. The van der Waals surface area contributed by atoms with Crippen LogP contribution in [-0.2, 0) is 11.3 Å². The second-order valence-corrected chi connectivity index (χ2v) is 9.16. The average molecular weight is 347 g/mol. The zero-order chi connectivity index (χ0) is 18.1. The molecule has 1 saturated heterocycles. The number of benzene rings is 1. The Hall–Kier alpha value is -1.10. The topological polar surface area (TPSA) is 41.9 Å². The van der Waals surface area contributed by atoms with E-state index in [1.165, 1.54) is 19.3 Å². The lowest BCUT2D eigenvalue weighted by Crippen LogP contribution is -2.39. The summed E-state index contributed by atoms with van der Waals surface area (Å²) in [6.45, 7) is 9.88. The number of likely N-dealkylation sites (tertiary alicyclic amines) is 1. The lowest BCUT2D eigenvalue weighted by molar-refractivity contribution is 0.00603. The van der Waals surface area contributed by atoms with Crippen LogP contribution in [0.25, 0.3) is 0 Å². The summed E-state index contributed by atoms with van der Waals surface area (Å²) in [7, 11) is 1.66.